The number of nitrogens with zero attached hydrogens (tertiary/aromatic N) is 2. The summed E-state index contributed by atoms with van der Waals surface area (Å²) in [4.78, 5) is 0. The molecule has 4 heteroatoms. The van der Waals surface area contributed by atoms with Crippen LogP contribution in [0.5, 0.6) is 0 Å². The van der Waals surface area contributed by atoms with Gasteiger partial charge in [0.2, 0.25) is 0 Å². The minimum Gasteiger partial charge on any atom is -0.380 e. The molecule has 0 aliphatic rings. The summed E-state index contributed by atoms with van der Waals surface area (Å²) in [6.07, 6.45) is 3.97. The molecule has 0 fully saturated rings. The molecular formula is C10H13N3S. The van der Waals surface area contributed by atoms with Crippen molar-refractivity contribution in [3.8, 4) is 0 Å². The molecule has 0 atom stereocenters. The largest absolute Gasteiger partial charge is 0.380 e. The molecule has 74 valence electrons. The van der Waals surface area contributed by atoms with Crippen LogP contribution in [0.1, 0.15) is 12.5 Å². The second-order valence-electron chi connectivity index (χ2n) is 3.07. The lowest BCUT2D eigenvalue weighted by atomic mass is 10.3. The lowest BCUT2D eigenvalue weighted by Crippen LogP contribution is -1.97. The van der Waals surface area contributed by atoms with Gasteiger partial charge in [0.1, 0.15) is 0 Å². The van der Waals surface area contributed by atoms with Crippen molar-refractivity contribution in [1.82, 2.24) is 9.78 Å². The van der Waals surface area contributed by atoms with E-state index < -0.39 is 0 Å². The Bertz CT molecular complexity index is 378. The van der Waals surface area contributed by atoms with Gasteiger partial charge in [0.25, 0.3) is 0 Å². The third kappa shape index (κ3) is 2.14. The van der Waals surface area contributed by atoms with Crippen LogP contribution in [0.15, 0.2) is 29.2 Å². The van der Waals surface area contributed by atoms with Crippen molar-refractivity contribution in [3.05, 3.63) is 34.8 Å². The van der Waals surface area contributed by atoms with Gasteiger partial charge in [-0.3, -0.25) is 4.68 Å². The summed E-state index contributed by atoms with van der Waals surface area (Å²) in [7, 11) is 0. The molecule has 0 spiro atoms. The van der Waals surface area contributed by atoms with Gasteiger partial charge in [-0.25, -0.2) is 0 Å². The maximum Gasteiger partial charge on any atom is 0.0539 e. The summed E-state index contributed by atoms with van der Waals surface area (Å²) in [5.41, 5.74) is 2.40. The Labute approximate surface area is 87.4 Å². The van der Waals surface area contributed by atoms with Crippen LogP contribution in [0.2, 0.25) is 0 Å². The molecule has 0 radical (unpaired) electrons. The van der Waals surface area contributed by atoms with E-state index in [1.807, 2.05) is 10.9 Å². The Morgan fingerprint density at radius 1 is 1.57 bits per heavy atom. The second-order valence-corrected chi connectivity index (χ2v) is 3.85. The molecule has 2 aromatic heterocycles. The number of anilines is 1. The zero-order chi connectivity index (χ0) is 9.80. The van der Waals surface area contributed by atoms with Crippen molar-refractivity contribution in [2.45, 2.75) is 20.0 Å². The zero-order valence-electron chi connectivity index (χ0n) is 8.10. The lowest BCUT2D eigenvalue weighted by Gasteiger charge is -1.99. The summed E-state index contributed by atoms with van der Waals surface area (Å²) in [6.45, 7) is 3.86. The molecule has 0 saturated carbocycles. The van der Waals surface area contributed by atoms with Crippen LogP contribution in [-0.2, 0) is 13.1 Å². The van der Waals surface area contributed by atoms with Crippen molar-refractivity contribution in [2.24, 2.45) is 0 Å². The molecule has 0 aliphatic carbocycles. The minimum absolute atomic E-state index is 0.844. The number of aromatic nitrogens is 2. The number of aryl methyl sites for hydroxylation is 1. The Hall–Kier alpha value is -1.29. The zero-order valence-corrected chi connectivity index (χ0v) is 8.92. The Morgan fingerprint density at radius 2 is 2.50 bits per heavy atom. The maximum atomic E-state index is 4.21. The molecule has 1 N–H and O–H groups in total. The van der Waals surface area contributed by atoms with Gasteiger partial charge in [-0.05, 0) is 18.4 Å². The first-order valence-electron chi connectivity index (χ1n) is 4.66. The standard InChI is InChI=1S/C10H13N3S/c1-2-13-7-9(6-12-13)5-11-10-3-4-14-8-10/h3-4,6-8,11H,2,5H2,1H3. The van der Waals surface area contributed by atoms with Gasteiger partial charge in [0, 0.05) is 35.9 Å². The summed E-state index contributed by atoms with van der Waals surface area (Å²) in [5, 5.41) is 11.7. The SMILES string of the molecule is CCn1cc(CNc2ccsc2)cn1. The monoisotopic (exact) mass is 207 g/mol. The number of rotatable bonds is 4. The van der Waals surface area contributed by atoms with Gasteiger partial charge in [-0.15, -0.1) is 0 Å². The Kier molecular flexibility index (Phi) is 2.84. The molecule has 0 amide bonds. The first-order valence-corrected chi connectivity index (χ1v) is 5.60. The fourth-order valence-electron chi connectivity index (χ4n) is 1.24. The molecule has 14 heavy (non-hydrogen) atoms. The van der Waals surface area contributed by atoms with Gasteiger partial charge in [0.05, 0.1) is 6.20 Å². The molecule has 2 rings (SSSR count). The van der Waals surface area contributed by atoms with Gasteiger partial charge >= 0.3 is 0 Å². The van der Waals surface area contributed by atoms with Gasteiger partial charge in [0.15, 0.2) is 0 Å². The van der Waals surface area contributed by atoms with Gasteiger partial charge in [-0.2, -0.15) is 16.4 Å². The molecule has 2 aromatic rings. The highest BCUT2D eigenvalue weighted by molar-refractivity contribution is 7.08. The fourth-order valence-corrected chi connectivity index (χ4v) is 1.85. The molecule has 0 aromatic carbocycles. The van der Waals surface area contributed by atoms with E-state index in [-0.39, 0.29) is 0 Å². The number of hydrogen-bond donors (Lipinski definition) is 1. The van der Waals surface area contributed by atoms with Crippen molar-refractivity contribution in [3.63, 3.8) is 0 Å². The van der Waals surface area contributed by atoms with E-state index in [2.05, 4.69) is 40.4 Å². The van der Waals surface area contributed by atoms with Crippen LogP contribution < -0.4 is 5.32 Å². The van der Waals surface area contributed by atoms with Crippen molar-refractivity contribution >= 4 is 17.0 Å². The molecule has 0 bridgehead atoms. The van der Waals surface area contributed by atoms with Crippen molar-refractivity contribution < 1.29 is 0 Å². The first kappa shape index (κ1) is 9.27. The van der Waals surface area contributed by atoms with Crippen LogP contribution >= 0.6 is 11.3 Å². The molecular weight excluding hydrogens is 194 g/mol. The van der Waals surface area contributed by atoms with Crippen LogP contribution in [0.25, 0.3) is 0 Å². The first-order chi connectivity index (χ1) is 6.88. The van der Waals surface area contributed by atoms with Crippen molar-refractivity contribution in [1.29, 1.82) is 0 Å². The smallest absolute Gasteiger partial charge is 0.0539 e. The lowest BCUT2D eigenvalue weighted by molar-refractivity contribution is 0.659. The predicted octanol–water partition coefficient (Wildman–Crippen LogP) is 2.58. The predicted molar refractivity (Wildman–Crippen MR) is 59.5 cm³/mol. The van der Waals surface area contributed by atoms with E-state index in [1.54, 1.807) is 11.3 Å². The highest BCUT2D eigenvalue weighted by Crippen LogP contribution is 2.12. The van der Waals surface area contributed by atoms with E-state index >= 15 is 0 Å². The van der Waals surface area contributed by atoms with E-state index in [9.17, 15) is 0 Å². The van der Waals surface area contributed by atoms with Gasteiger partial charge in [-0.1, -0.05) is 0 Å². The number of thiophene rings is 1. The Balaban J connectivity index is 1.92. The maximum absolute atomic E-state index is 4.21. The highest BCUT2D eigenvalue weighted by Gasteiger charge is 1.97. The third-order valence-corrected chi connectivity index (χ3v) is 2.71. The summed E-state index contributed by atoms with van der Waals surface area (Å²) in [6, 6.07) is 2.08. The van der Waals surface area contributed by atoms with Crippen molar-refractivity contribution in [2.75, 3.05) is 5.32 Å². The highest BCUT2D eigenvalue weighted by atomic mass is 32.1. The number of hydrogen-bond acceptors (Lipinski definition) is 3. The van der Waals surface area contributed by atoms with Crippen LogP contribution in [0.4, 0.5) is 5.69 Å². The molecule has 0 unspecified atom stereocenters. The summed E-state index contributed by atoms with van der Waals surface area (Å²) in [5.74, 6) is 0. The van der Waals surface area contributed by atoms with E-state index in [0.29, 0.717) is 0 Å². The summed E-state index contributed by atoms with van der Waals surface area (Å²) >= 11 is 1.70. The molecule has 0 aliphatic heterocycles. The van der Waals surface area contributed by atoms with Crippen LogP contribution in [0, 0.1) is 0 Å². The summed E-state index contributed by atoms with van der Waals surface area (Å²) < 4.78 is 1.94. The molecule has 0 saturated heterocycles. The van der Waals surface area contributed by atoms with Gasteiger partial charge < -0.3 is 5.32 Å². The van der Waals surface area contributed by atoms with E-state index in [4.69, 9.17) is 0 Å². The quantitative estimate of drug-likeness (QED) is 0.835. The normalized spacial score (nSPS) is 10.4. The van der Waals surface area contributed by atoms with Crippen LogP contribution in [-0.4, -0.2) is 9.78 Å². The average molecular weight is 207 g/mol. The topological polar surface area (TPSA) is 29.9 Å². The minimum atomic E-state index is 0.844. The number of nitrogens with one attached hydrogen (secondary N) is 1. The second kappa shape index (κ2) is 4.28. The van der Waals surface area contributed by atoms with E-state index in [1.165, 1.54) is 11.3 Å². The average Bonchev–Trinajstić information content (AvgIpc) is 2.86. The Morgan fingerprint density at radius 3 is 3.14 bits per heavy atom. The molecule has 3 nitrogen and oxygen atoms in total. The third-order valence-electron chi connectivity index (χ3n) is 2.03. The van der Waals surface area contributed by atoms with E-state index in [0.717, 1.165) is 13.1 Å². The fraction of sp³-hybridized carbons (Fsp3) is 0.300. The molecule has 2 heterocycles. The van der Waals surface area contributed by atoms with Crippen LogP contribution in [0.3, 0.4) is 0 Å².